The molecule has 136 valence electrons. The van der Waals surface area contributed by atoms with Crippen LogP contribution in [0, 0.1) is 6.92 Å². The van der Waals surface area contributed by atoms with Crippen LogP contribution in [-0.4, -0.2) is 51.8 Å². The molecule has 3 heterocycles. The van der Waals surface area contributed by atoms with Gasteiger partial charge in [-0.1, -0.05) is 17.4 Å². The van der Waals surface area contributed by atoms with E-state index in [1.54, 1.807) is 22.2 Å². The highest BCUT2D eigenvalue weighted by molar-refractivity contribution is 7.22. The Morgan fingerprint density at radius 2 is 1.92 bits per heavy atom. The van der Waals surface area contributed by atoms with Crippen LogP contribution < -0.4 is 4.90 Å². The number of rotatable bonds is 3. The third-order valence-corrected chi connectivity index (χ3v) is 5.83. The van der Waals surface area contributed by atoms with Gasteiger partial charge in [0.2, 0.25) is 0 Å². The lowest BCUT2D eigenvalue weighted by molar-refractivity contribution is 0.0732. The summed E-state index contributed by atoms with van der Waals surface area (Å²) < 4.78 is 3.02. The fraction of sp³-hybridized carbons (Fsp3) is 0.421. The molecule has 0 bridgehead atoms. The first-order chi connectivity index (χ1) is 12.5. The maximum atomic E-state index is 12.8. The number of anilines is 1. The number of fused-ring (bicyclic) bond motifs is 1. The molecule has 6 nitrogen and oxygen atoms in total. The van der Waals surface area contributed by atoms with E-state index in [4.69, 9.17) is 4.98 Å². The van der Waals surface area contributed by atoms with Crippen LogP contribution >= 0.6 is 11.3 Å². The van der Waals surface area contributed by atoms with Gasteiger partial charge in [0.15, 0.2) is 5.13 Å². The van der Waals surface area contributed by atoms with E-state index in [9.17, 15) is 4.79 Å². The van der Waals surface area contributed by atoms with Crippen LogP contribution in [0.2, 0.25) is 0 Å². The van der Waals surface area contributed by atoms with Crippen molar-refractivity contribution in [1.29, 1.82) is 0 Å². The number of hydrogen-bond acceptors (Lipinski definition) is 5. The summed E-state index contributed by atoms with van der Waals surface area (Å²) in [6.07, 6.45) is 1.70. The predicted molar refractivity (Wildman–Crippen MR) is 105 cm³/mol. The van der Waals surface area contributed by atoms with Crippen molar-refractivity contribution in [1.82, 2.24) is 19.7 Å². The van der Waals surface area contributed by atoms with Gasteiger partial charge in [0.25, 0.3) is 5.91 Å². The molecule has 0 N–H and O–H groups in total. The maximum absolute atomic E-state index is 12.8. The van der Waals surface area contributed by atoms with E-state index in [0.717, 1.165) is 23.7 Å². The van der Waals surface area contributed by atoms with Crippen LogP contribution in [0.15, 0.2) is 30.5 Å². The molecule has 4 rings (SSSR count). The lowest BCUT2D eigenvalue weighted by atomic mass is 10.2. The summed E-state index contributed by atoms with van der Waals surface area (Å²) in [5, 5.41) is 5.32. The average molecular weight is 369 g/mol. The minimum atomic E-state index is 0.0655. The molecule has 7 heteroatoms. The monoisotopic (exact) mass is 369 g/mol. The van der Waals surface area contributed by atoms with Crippen molar-refractivity contribution in [3.63, 3.8) is 0 Å². The van der Waals surface area contributed by atoms with Crippen LogP contribution in [0.4, 0.5) is 5.13 Å². The van der Waals surface area contributed by atoms with Gasteiger partial charge in [-0.2, -0.15) is 5.10 Å². The van der Waals surface area contributed by atoms with E-state index in [1.807, 2.05) is 24.8 Å². The van der Waals surface area contributed by atoms with Gasteiger partial charge in [-0.3, -0.25) is 9.48 Å². The van der Waals surface area contributed by atoms with Crippen molar-refractivity contribution in [2.75, 3.05) is 31.1 Å². The highest BCUT2D eigenvalue weighted by Crippen LogP contribution is 2.30. The van der Waals surface area contributed by atoms with Crippen molar-refractivity contribution in [3.05, 3.63) is 41.7 Å². The average Bonchev–Trinajstić information content (AvgIpc) is 3.28. The number of hydrogen-bond donors (Lipinski definition) is 0. The first kappa shape index (κ1) is 17.0. The normalized spacial score (nSPS) is 15.2. The van der Waals surface area contributed by atoms with E-state index in [0.29, 0.717) is 18.8 Å². The Morgan fingerprint density at radius 3 is 2.65 bits per heavy atom. The molecule has 0 atom stereocenters. The molecular formula is C19H23N5OS. The summed E-state index contributed by atoms with van der Waals surface area (Å²) in [4.78, 5) is 21.8. The molecule has 3 aromatic rings. The van der Waals surface area contributed by atoms with Gasteiger partial charge in [0, 0.05) is 38.4 Å². The molecule has 26 heavy (non-hydrogen) atoms. The molecule has 2 aromatic heterocycles. The fourth-order valence-electron chi connectivity index (χ4n) is 3.31. The highest BCUT2D eigenvalue weighted by Gasteiger charge is 2.26. The summed E-state index contributed by atoms with van der Waals surface area (Å²) >= 11 is 1.73. The first-order valence-corrected chi connectivity index (χ1v) is 9.79. The Bertz CT molecular complexity index is 936. The molecule has 1 aromatic carbocycles. The maximum Gasteiger partial charge on any atom is 0.272 e. The lowest BCUT2D eigenvalue weighted by Crippen LogP contribution is -2.49. The molecule has 0 spiro atoms. The van der Waals surface area contributed by atoms with Gasteiger partial charge in [-0.15, -0.1) is 0 Å². The van der Waals surface area contributed by atoms with Gasteiger partial charge < -0.3 is 9.80 Å². The largest absolute Gasteiger partial charge is 0.345 e. The second kappa shape index (κ2) is 6.72. The standard InChI is InChI=1S/C19H23N5OS/c1-13(2)24-16(6-7-20-24)18(25)22-8-10-23(11-9-22)19-21-15-5-4-14(3)12-17(15)26-19/h4-7,12-13H,8-11H2,1-3H3. The molecule has 0 unspecified atom stereocenters. The van der Waals surface area contributed by atoms with Crippen molar-refractivity contribution >= 4 is 32.6 Å². The zero-order valence-electron chi connectivity index (χ0n) is 15.3. The Labute approximate surface area is 157 Å². The van der Waals surface area contributed by atoms with Crippen LogP contribution in [0.5, 0.6) is 0 Å². The fourth-order valence-corrected chi connectivity index (χ4v) is 4.43. The highest BCUT2D eigenvalue weighted by atomic mass is 32.1. The smallest absolute Gasteiger partial charge is 0.272 e. The Balaban J connectivity index is 1.46. The lowest BCUT2D eigenvalue weighted by Gasteiger charge is -2.34. The number of amides is 1. The van der Waals surface area contributed by atoms with Gasteiger partial charge in [0.05, 0.1) is 10.2 Å². The Kier molecular flexibility index (Phi) is 4.40. The van der Waals surface area contributed by atoms with E-state index in [2.05, 4.69) is 35.1 Å². The van der Waals surface area contributed by atoms with Crippen molar-refractivity contribution in [2.45, 2.75) is 26.8 Å². The van der Waals surface area contributed by atoms with Crippen LogP contribution in [0.1, 0.15) is 35.9 Å². The zero-order valence-corrected chi connectivity index (χ0v) is 16.2. The number of piperazine rings is 1. The molecule has 1 aliphatic heterocycles. The van der Waals surface area contributed by atoms with Gasteiger partial charge in [-0.05, 0) is 44.5 Å². The van der Waals surface area contributed by atoms with E-state index in [-0.39, 0.29) is 11.9 Å². The molecule has 0 radical (unpaired) electrons. The van der Waals surface area contributed by atoms with Crippen LogP contribution in [0.3, 0.4) is 0 Å². The third-order valence-electron chi connectivity index (χ3n) is 4.75. The zero-order chi connectivity index (χ0) is 18.3. The number of aryl methyl sites for hydroxylation is 1. The molecule has 0 aliphatic carbocycles. The number of carbonyl (C=O) groups is 1. The van der Waals surface area contributed by atoms with Gasteiger partial charge in [0.1, 0.15) is 5.69 Å². The molecule has 1 amide bonds. The first-order valence-electron chi connectivity index (χ1n) is 8.98. The Morgan fingerprint density at radius 1 is 1.15 bits per heavy atom. The molecule has 0 saturated carbocycles. The van der Waals surface area contributed by atoms with E-state index < -0.39 is 0 Å². The molecule has 1 aliphatic rings. The number of aromatic nitrogens is 3. The number of carbonyl (C=O) groups excluding carboxylic acids is 1. The summed E-state index contributed by atoms with van der Waals surface area (Å²) in [5.74, 6) is 0.0655. The minimum Gasteiger partial charge on any atom is -0.345 e. The summed E-state index contributed by atoms with van der Waals surface area (Å²) in [6.45, 7) is 9.20. The van der Waals surface area contributed by atoms with Crippen LogP contribution in [0.25, 0.3) is 10.2 Å². The third kappa shape index (κ3) is 3.07. The second-order valence-electron chi connectivity index (χ2n) is 7.00. The number of benzene rings is 1. The molecule has 1 saturated heterocycles. The van der Waals surface area contributed by atoms with Crippen molar-refractivity contribution in [3.8, 4) is 0 Å². The topological polar surface area (TPSA) is 54.3 Å². The summed E-state index contributed by atoms with van der Waals surface area (Å²) in [6, 6.07) is 8.35. The summed E-state index contributed by atoms with van der Waals surface area (Å²) in [7, 11) is 0. The number of nitrogens with zero attached hydrogens (tertiary/aromatic N) is 5. The van der Waals surface area contributed by atoms with Gasteiger partial charge in [-0.25, -0.2) is 4.98 Å². The number of thiazole rings is 1. The second-order valence-corrected chi connectivity index (χ2v) is 8.01. The molecule has 1 fully saturated rings. The van der Waals surface area contributed by atoms with Crippen molar-refractivity contribution in [2.24, 2.45) is 0 Å². The predicted octanol–water partition coefficient (Wildman–Crippen LogP) is 3.34. The van der Waals surface area contributed by atoms with E-state index in [1.165, 1.54) is 10.3 Å². The van der Waals surface area contributed by atoms with Crippen molar-refractivity contribution < 1.29 is 4.79 Å². The van der Waals surface area contributed by atoms with Crippen LogP contribution in [-0.2, 0) is 0 Å². The van der Waals surface area contributed by atoms with Gasteiger partial charge >= 0.3 is 0 Å². The minimum absolute atomic E-state index is 0.0655. The molecular weight excluding hydrogens is 346 g/mol. The SMILES string of the molecule is Cc1ccc2nc(N3CCN(C(=O)c4ccnn4C(C)C)CC3)sc2c1. The summed E-state index contributed by atoms with van der Waals surface area (Å²) in [5.41, 5.74) is 2.98. The van der Waals surface area contributed by atoms with E-state index >= 15 is 0 Å². The Hall–Kier alpha value is -2.41. The quantitative estimate of drug-likeness (QED) is 0.710.